The predicted molar refractivity (Wildman–Crippen MR) is 87.3 cm³/mol. The largest absolute Gasteiger partial charge is 0.478 e. The zero-order valence-corrected chi connectivity index (χ0v) is 12.7. The Balaban J connectivity index is 2.23. The van der Waals surface area contributed by atoms with Crippen molar-refractivity contribution in [2.75, 3.05) is 5.43 Å². The summed E-state index contributed by atoms with van der Waals surface area (Å²) in [6.45, 7) is 1.68. The number of nitro benzene ring substituents is 1. The van der Waals surface area contributed by atoms with E-state index in [1.54, 1.807) is 25.1 Å². The van der Waals surface area contributed by atoms with Crippen LogP contribution >= 0.6 is 11.6 Å². The Kier molecular flexibility index (Phi) is 4.92. The van der Waals surface area contributed by atoms with E-state index in [1.165, 1.54) is 24.3 Å². The first kappa shape index (κ1) is 16.4. The van der Waals surface area contributed by atoms with Gasteiger partial charge in [-0.15, -0.1) is 0 Å². The van der Waals surface area contributed by atoms with Gasteiger partial charge >= 0.3 is 5.97 Å². The van der Waals surface area contributed by atoms with E-state index in [4.69, 9.17) is 16.7 Å². The fourth-order valence-corrected chi connectivity index (χ4v) is 2.01. The van der Waals surface area contributed by atoms with Crippen LogP contribution in [0.15, 0.2) is 47.6 Å². The van der Waals surface area contributed by atoms with Crippen molar-refractivity contribution in [1.29, 1.82) is 0 Å². The molecule has 2 N–H and O–H groups in total. The van der Waals surface area contributed by atoms with E-state index in [0.29, 0.717) is 17.0 Å². The van der Waals surface area contributed by atoms with Crippen LogP contribution in [-0.4, -0.2) is 21.7 Å². The molecule has 0 amide bonds. The molecule has 0 aliphatic heterocycles. The molecular formula is C15H12ClN3O4. The average molecular weight is 334 g/mol. The first-order valence-corrected chi connectivity index (χ1v) is 6.84. The number of hydrazone groups is 1. The summed E-state index contributed by atoms with van der Waals surface area (Å²) in [4.78, 5) is 21.3. The maximum atomic E-state index is 11.0. The summed E-state index contributed by atoms with van der Waals surface area (Å²) in [6, 6.07) is 10.4. The summed E-state index contributed by atoms with van der Waals surface area (Å²) < 4.78 is 0. The van der Waals surface area contributed by atoms with Crippen molar-refractivity contribution >= 4 is 34.7 Å². The zero-order chi connectivity index (χ0) is 17.0. The van der Waals surface area contributed by atoms with E-state index in [-0.39, 0.29) is 16.3 Å². The Morgan fingerprint density at radius 2 is 2.04 bits per heavy atom. The van der Waals surface area contributed by atoms with Crippen molar-refractivity contribution < 1.29 is 14.8 Å². The Morgan fingerprint density at radius 1 is 1.30 bits per heavy atom. The molecule has 0 radical (unpaired) electrons. The molecule has 0 spiro atoms. The van der Waals surface area contributed by atoms with Gasteiger partial charge in [0.1, 0.15) is 0 Å². The number of benzene rings is 2. The number of hydrogen-bond donors (Lipinski definition) is 2. The Labute approximate surface area is 136 Å². The molecule has 8 heteroatoms. The van der Waals surface area contributed by atoms with Crippen LogP contribution in [0.1, 0.15) is 22.8 Å². The van der Waals surface area contributed by atoms with Crippen LogP contribution < -0.4 is 5.43 Å². The van der Waals surface area contributed by atoms with Gasteiger partial charge in [0, 0.05) is 17.7 Å². The SMILES string of the molecule is CC(=NNc1ccc(Cl)c(C(=O)O)c1)c1cccc([N+](=O)[O-])c1. The summed E-state index contributed by atoms with van der Waals surface area (Å²) in [5, 5.41) is 24.0. The quantitative estimate of drug-likeness (QED) is 0.492. The standard InChI is InChI=1S/C15H12ClN3O4/c1-9(10-3-2-4-12(7-10)19(22)23)17-18-11-5-6-14(16)13(8-11)15(20)21/h2-8,18H,1H3,(H,20,21). The highest BCUT2D eigenvalue weighted by molar-refractivity contribution is 6.33. The number of halogens is 1. The summed E-state index contributed by atoms with van der Waals surface area (Å²) >= 11 is 5.79. The molecule has 0 bridgehead atoms. The van der Waals surface area contributed by atoms with Gasteiger partial charge in [-0.3, -0.25) is 15.5 Å². The number of rotatable bonds is 5. The van der Waals surface area contributed by atoms with E-state index < -0.39 is 10.9 Å². The summed E-state index contributed by atoms with van der Waals surface area (Å²) in [7, 11) is 0. The van der Waals surface area contributed by atoms with Gasteiger partial charge in [0.25, 0.3) is 5.69 Å². The smallest absolute Gasteiger partial charge is 0.337 e. The number of carboxylic acid groups (broad SMARTS) is 1. The fraction of sp³-hybridized carbons (Fsp3) is 0.0667. The van der Waals surface area contributed by atoms with E-state index in [2.05, 4.69) is 10.5 Å². The minimum atomic E-state index is -1.14. The number of non-ortho nitro benzene ring substituents is 1. The lowest BCUT2D eigenvalue weighted by atomic mass is 10.1. The Hall–Kier alpha value is -2.93. The Morgan fingerprint density at radius 3 is 2.70 bits per heavy atom. The Bertz CT molecular complexity index is 805. The third-order valence-corrected chi connectivity index (χ3v) is 3.35. The highest BCUT2D eigenvalue weighted by atomic mass is 35.5. The molecule has 0 fully saturated rings. The molecule has 0 saturated carbocycles. The lowest BCUT2D eigenvalue weighted by Crippen LogP contribution is -2.02. The van der Waals surface area contributed by atoms with E-state index in [1.807, 2.05) is 0 Å². The average Bonchev–Trinajstić information content (AvgIpc) is 2.53. The molecule has 0 unspecified atom stereocenters. The summed E-state index contributed by atoms with van der Waals surface area (Å²) in [5.74, 6) is -1.14. The summed E-state index contributed by atoms with van der Waals surface area (Å²) in [5.41, 5.74) is 4.18. The molecule has 0 aromatic heterocycles. The van der Waals surface area contributed by atoms with Crippen LogP contribution in [-0.2, 0) is 0 Å². The second-order valence-electron chi connectivity index (χ2n) is 4.62. The van der Waals surface area contributed by atoms with Crippen LogP contribution in [0.5, 0.6) is 0 Å². The predicted octanol–water partition coefficient (Wildman–Crippen LogP) is 3.78. The van der Waals surface area contributed by atoms with E-state index in [0.717, 1.165) is 0 Å². The topological polar surface area (TPSA) is 105 Å². The molecular weight excluding hydrogens is 322 g/mol. The molecule has 2 aromatic carbocycles. The number of nitro groups is 1. The van der Waals surface area contributed by atoms with Crippen LogP contribution in [0, 0.1) is 10.1 Å². The maximum absolute atomic E-state index is 11.0. The van der Waals surface area contributed by atoms with E-state index >= 15 is 0 Å². The fourth-order valence-electron chi connectivity index (χ4n) is 1.82. The third kappa shape index (κ3) is 4.04. The first-order valence-electron chi connectivity index (χ1n) is 6.46. The molecule has 0 saturated heterocycles. The maximum Gasteiger partial charge on any atom is 0.337 e. The van der Waals surface area contributed by atoms with Crippen LogP contribution in [0.4, 0.5) is 11.4 Å². The lowest BCUT2D eigenvalue weighted by Gasteiger charge is -2.06. The number of carboxylic acids is 1. The number of carbonyl (C=O) groups is 1. The molecule has 0 atom stereocenters. The number of anilines is 1. The van der Waals surface area contributed by atoms with Gasteiger partial charge in [-0.05, 0) is 25.1 Å². The third-order valence-electron chi connectivity index (χ3n) is 3.02. The summed E-state index contributed by atoms with van der Waals surface area (Å²) in [6.07, 6.45) is 0. The minimum Gasteiger partial charge on any atom is -0.478 e. The first-order chi connectivity index (χ1) is 10.9. The molecule has 23 heavy (non-hydrogen) atoms. The lowest BCUT2D eigenvalue weighted by molar-refractivity contribution is -0.384. The van der Waals surface area contributed by atoms with Gasteiger partial charge in [0.05, 0.1) is 26.9 Å². The number of aromatic carboxylic acids is 1. The molecule has 2 aromatic rings. The molecule has 0 heterocycles. The second kappa shape index (κ2) is 6.89. The van der Waals surface area contributed by atoms with Crippen molar-refractivity contribution in [3.8, 4) is 0 Å². The monoisotopic (exact) mass is 333 g/mol. The highest BCUT2D eigenvalue weighted by Gasteiger charge is 2.10. The van der Waals surface area contributed by atoms with Gasteiger partial charge in [-0.2, -0.15) is 5.10 Å². The molecule has 2 rings (SSSR count). The second-order valence-corrected chi connectivity index (χ2v) is 5.02. The molecule has 118 valence electrons. The van der Waals surface area contributed by atoms with Crippen LogP contribution in [0.3, 0.4) is 0 Å². The van der Waals surface area contributed by atoms with Gasteiger partial charge in [-0.25, -0.2) is 4.79 Å². The zero-order valence-electron chi connectivity index (χ0n) is 12.0. The van der Waals surface area contributed by atoms with Gasteiger partial charge in [0.2, 0.25) is 0 Å². The van der Waals surface area contributed by atoms with Crippen LogP contribution in [0.25, 0.3) is 0 Å². The van der Waals surface area contributed by atoms with Gasteiger partial charge in [-0.1, -0.05) is 23.7 Å². The molecule has 0 aliphatic carbocycles. The van der Waals surface area contributed by atoms with Crippen molar-refractivity contribution in [3.05, 3.63) is 68.7 Å². The van der Waals surface area contributed by atoms with Crippen LogP contribution in [0.2, 0.25) is 5.02 Å². The normalized spacial score (nSPS) is 11.1. The number of nitrogens with zero attached hydrogens (tertiary/aromatic N) is 2. The van der Waals surface area contributed by atoms with Crippen molar-refractivity contribution in [2.45, 2.75) is 6.92 Å². The van der Waals surface area contributed by atoms with E-state index in [9.17, 15) is 14.9 Å². The minimum absolute atomic E-state index is 0.0308. The van der Waals surface area contributed by atoms with Gasteiger partial charge < -0.3 is 5.11 Å². The van der Waals surface area contributed by atoms with Crippen molar-refractivity contribution in [2.24, 2.45) is 5.10 Å². The molecule has 7 nitrogen and oxygen atoms in total. The number of nitrogens with one attached hydrogen (secondary N) is 1. The highest BCUT2D eigenvalue weighted by Crippen LogP contribution is 2.21. The van der Waals surface area contributed by atoms with Crippen molar-refractivity contribution in [1.82, 2.24) is 0 Å². The van der Waals surface area contributed by atoms with Gasteiger partial charge in [0.15, 0.2) is 0 Å². The number of hydrogen-bond acceptors (Lipinski definition) is 5. The molecule has 0 aliphatic rings. The van der Waals surface area contributed by atoms with Crippen molar-refractivity contribution in [3.63, 3.8) is 0 Å².